The van der Waals surface area contributed by atoms with Crippen LogP contribution < -0.4 is 28.4 Å². The number of aliphatic hydroxyl groups is 6. The molecule has 0 heterocycles. The van der Waals surface area contributed by atoms with Crippen LogP contribution in [0.3, 0.4) is 0 Å². The van der Waals surface area contributed by atoms with Crippen molar-refractivity contribution in [2.45, 2.75) is 261 Å². The molecule has 12 rings (SSSR count). The Balaban J connectivity index is 0.000000318. The van der Waals surface area contributed by atoms with Gasteiger partial charge in [-0.2, -0.15) is 0 Å². The minimum absolute atomic E-state index is 0.0475. The summed E-state index contributed by atoms with van der Waals surface area (Å²) >= 11 is 0. The molecule has 18 nitrogen and oxygen atoms in total. The van der Waals surface area contributed by atoms with Crippen LogP contribution >= 0.6 is 0 Å². The number of benzene rings is 6. The standard InChI is InChI=1S/6C17H27NO2/c6*1-18(2)13-16(17(19)11-5-4-6-12-17)14-7-9-15(20-3)10-8-14/h6*7-10,16,19H,4-6,11-13H2,1-3H3/i1D3,2D3,3D3,4D2,5D2,6D2,11D2,12D2,13D2,16D;1D3,3D3,4D2,5D2,6D2,11D2,12D2,13D2,16D;3D3,4D2,5D2,6D2,11D2,12D2,13D2,16D;1D3,2D3,7D,8D,9D,10D;1D3,7D,8D,9D,10D;7D,8D,9D,10D. The number of hydrogen-bond acceptors (Lipinski definition) is 18. The Kier molecular flexibility index (Phi) is 15.4. The molecule has 6 unspecified atom stereocenters. The largest absolute Gasteiger partial charge is 0.497 e. The Hall–Kier alpha value is -6.36. The molecule has 0 radical (unpaired) electrons. The van der Waals surface area contributed by atoms with Crippen LogP contribution in [0.15, 0.2) is 145 Å². The van der Waals surface area contributed by atoms with E-state index in [0.29, 0.717) is 104 Å². The third-order valence-electron chi connectivity index (χ3n) is 19.5. The van der Waals surface area contributed by atoms with Crippen molar-refractivity contribution in [3.8, 4) is 34.5 Å². The molecule has 6 fully saturated rings. The predicted octanol–water partition coefficient (Wildman–Crippen LogP) is 18.2. The molecule has 6 aromatic rings. The van der Waals surface area contributed by atoms with Crippen molar-refractivity contribution in [3.63, 3.8) is 0 Å². The van der Waals surface area contributed by atoms with Crippen molar-refractivity contribution >= 4 is 0 Å². The highest BCUT2D eigenvalue weighted by Crippen LogP contribution is 2.47. The summed E-state index contributed by atoms with van der Waals surface area (Å²) in [7, 11) is 2.78. The fourth-order valence-electron chi connectivity index (χ4n) is 13.6. The van der Waals surface area contributed by atoms with Crippen LogP contribution in [0.1, 0.15) is 368 Å². The molecule has 0 aliphatic heterocycles. The topological polar surface area (TPSA) is 196 Å². The monoisotopic (exact) mass is 1740 g/mol. The van der Waals surface area contributed by atoms with Crippen molar-refractivity contribution in [2.24, 2.45) is 0 Å². The Labute approximate surface area is 835 Å². The first-order valence-corrected chi connectivity index (χ1v) is 37.8. The van der Waals surface area contributed by atoms with Crippen LogP contribution in [0, 0.1) is 0 Å². The number of hydrogen-bond donors (Lipinski definition) is 6. The minimum Gasteiger partial charge on any atom is -0.497 e. The lowest BCUT2D eigenvalue weighted by Crippen LogP contribution is -2.42. The van der Waals surface area contributed by atoms with Gasteiger partial charge in [-0.15, -0.1) is 0 Å². The van der Waals surface area contributed by atoms with Crippen LogP contribution in [0.25, 0.3) is 0 Å². The quantitative estimate of drug-likeness (QED) is 0.0249. The van der Waals surface area contributed by atoms with Crippen LogP contribution in [0.4, 0.5) is 0 Å². The highest BCUT2D eigenvalue weighted by Gasteiger charge is 2.45. The molecule has 6 aliphatic rings. The summed E-state index contributed by atoms with van der Waals surface area (Å²) in [6.45, 7) is -31.9. The van der Waals surface area contributed by atoms with Crippen molar-refractivity contribution in [3.05, 3.63) is 179 Å². The molecule has 0 spiro atoms. The lowest BCUT2D eigenvalue weighted by molar-refractivity contribution is -0.0280. The van der Waals surface area contributed by atoms with Gasteiger partial charge in [-0.05, 0) is 267 Å². The van der Waals surface area contributed by atoms with Crippen molar-refractivity contribution in [1.82, 2.24) is 29.4 Å². The van der Waals surface area contributed by atoms with Gasteiger partial charge in [0.25, 0.3) is 0 Å². The molecule has 672 valence electrons. The van der Waals surface area contributed by atoms with E-state index in [0.717, 1.165) is 100 Å². The zero-order chi connectivity index (χ0) is 156. The second kappa shape index (κ2) is 50.0. The first kappa shape index (κ1) is 36.9. The molecule has 0 amide bonds. The van der Waals surface area contributed by atoms with Crippen molar-refractivity contribution < 1.29 is 166 Å². The molecule has 6 aliphatic carbocycles. The number of rotatable bonds is 30. The second-order valence-electron chi connectivity index (χ2n) is 28.9. The number of nitrogens with zero attached hydrogens (tertiary/aromatic N) is 6. The maximum Gasteiger partial charge on any atom is 0.118 e. The van der Waals surface area contributed by atoms with Crippen LogP contribution in [0.2, 0.25) is 0 Å². The third-order valence-corrected chi connectivity index (χ3v) is 19.5. The number of ether oxygens (including phenoxy) is 6. The number of likely N-dealkylation sites (N-methyl/N-ethyl adjacent to an activating group) is 6. The Morgan fingerprint density at radius 2 is 0.550 bits per heavy atom. The molecule has 6 atom stereocenters. The molecule has 120 heavy (non-hydrogen) atoms. The summed E-state index contributed by atoms with van der Waals surface area (Å²) in [6, 6.07) is 5.16. The highest BCUT2D eigenvalue weighted by molar-refractivity contribution is 5.37. The molecule has 0 bridgehead atoms. The third kappa shape index (κ3) is 31.1. The van der Waals surface area contributed by atoms with E-state index in [1.807, 2.05) is 19.0 Å². The van der Waals surface area contributed by atoms with Gasteiger partial charge in [0.2, 0.25) is 0 Å². The average molecular weight is 1740 g/mol. The smallest absolute Gasteiger partial charge is 0.118 e. The van der Waals surface area contributed by atoms with E-state index in [1.54, 1.807) is 0 Å². The summed E-state index contributed by atoms with van der Waals surface area (Å²) in [6.07, 6.45) is -52.8. The van der Waals surface area contributed by atoms with Gasteiger partial charge in [0.05, 0.1) is 105 Å². The summed E-state index contributed by atoms with van der Waals surface area (Å²) in [4.78, 5) is 2.91. The molecule has 6 aromatic carbocycles. The lowest BCUT2D eigenvalue weighted by atomic mass is 9.72. The second-order valence-corrected chi connectivity index (χ2v) is 28.9. The van der Waals surface area contributed by atoms with Gasteiger partial charge in [-0.25, -0.2) is 0 Å². The van der Waals surface area contributed by atoms with E-state index in [1.165, 1.54) is 28.4 Å². The first-order valence-electron chi connectivity index (χ1n) is 76.8. The Morgan fingerprint density at radius 1 is 0.300 bits per heavy atom. The molecular formula is C102H162N6O12. The molecule has 6 saturated carbocycles. The minimum atomic E-state index is -4.80. The SMILES string of the molecule is [2H]C([2H])([2H])Oc1ccc(C([2H])(C([2H])([2H])N(C([2H])([2H])[2H])C([2H])([2H])[2H])C2(O)C([2H])([2H])C([2H])([2H])C([2H])([2H])C([2H])([2H])C2([2H])[2H])cc1.[2H]C([2H])([2H])Oc1ccc(C([2H])(C([2H])([2H])N(C)C([2H])([2H])[2H])C2(O)C([2H])([2H])C([2H])([2H])C([2H])([2H])C([2H])([2H])C2([2H])[2H])cc1.[2H]C([2H])([2H])Oc1ccc(C([2H])(C([2H])([2H])N(C)C)C2(O)C([2H])([2H])C([2H])([2H])C([2H])([2H])C([2H])([2H])C2([2H])[2H])cc1.[2H]c1c([2H])c(C(CN(C([2H])([2H])[2H])C([2H])([2H])[2H])C2(O)CCCCC2)c([2H])c([2H])c1OC.[2H]c1c([2H])c(C(CN(C)C([2H])([2H])[2H])C2(O)CCCCC2)c([2H])c([2H])c1OC.[2H]c1c([2H])c(C(CN(C)C)C2(O)CCCCC2)c([2H])c([2H])c1OC. The molecule has 6 N–H and O–H groups in total. The maximum atomic E-state index is 12.0. The fraction of sp³-hybridized carbons (Fsp3) is 0.647. The van der Waals surface area contributed by atoms with Gasteiger partial charge in [0.1, 0.15) is 34.5 Å². The Morgan fingerprint density at radius 3 is 0.792 bits per heavy atom. The van der Waals surface area contributed by atoms with E-state index in [4.69, 9.17) is 122 Å². The first-order chi connectivity index (χ1) is 87.8. The molecule has 0 saturated heterocycles. The van der Waals surface area contributed by atoms with Crippen molar-refractivity contribution in [1.29, 1.82) is 0 Å². The number of methoxy groups -OCH3 is 6. The van der Waals surface area contributed by atoms with Gasteiger partial charge < -0.3 is 88.5 Å². The van der Waals surface area contributed by atoms with Crippen LogP contribution in [0.5, 0.6) is 34.5 Å². The molecule has 18 heteroatoms. The van der Waals surface area contributed by atoms with Gasteiger partial charge >= 0.3 is 0 Å². The summed E-state index contributed by atoms with van der Waals surface area (Å²) in [5.41, 5.74) is -20.1. The summed E-state index contributed by atoms with van der Waals surface area (Å²) in [5.74, 6) is -16.3. The molecular weight excluding hydrogens is 1500 g/mol. The van der Waals surface area contributed by atoms with Crippen LogP contribution in [-0.2, 0) is 0 Å². The van der Waals surface area contributed by atoms with Gasteiger partial charge in [0.15, 0.2) is 0 Å². The van der Waals surface area contributed by atoms with E-state index >= 15 is 0 Å². The van der Waals surface area contributed by atoms with E-state index in [9.17, 15) is 34.8 Å². The van der Waals surface area contributed by atoms with Crippen molar-refractivity contribution in [2.75, 3.05) is 166 Å². The van der Waals surface area contributed by atoms with E-state index < -0.39 is 311 Å². The zero-order valence-electron chi connectivity index (χ0n) is 146. The zero-order valence-corrected chi connectivity index (χ0v) is 68.2. The predicted molar refractivity (Wildman–Crippen MR) is 494 cm³/mol. The van der Waals surface area contributed by atoms with Gasteiger partial charge in [0, 0.05) is 153 Å². The van der Waals surface area contributed by atoms with Crippen LogP contribution in [-0.4, -0.2) is 259 Å². The highest BCUT2D eigenvalue weighted by atomic mass is 16.5. The summed E-state index contributed by atoms with van der Waals surface area (Å²) < 4.78 is 657. The Bertz CT molecular complexity index is 7310. The normalized spacial score (nSPS) is 37.8. The molecule has 0 aromatic heterocycles. The van der Waals surface area contributed by atoms with E-state index in [2.05, 4.69) is 9.47 Å². The fourth-order valence-corrected chi connectivity index (χ4v) is 13.6. The van der Waals surface area contributed by atoms with Gasteiger partial charge in [-0.1, -0.05) is 188 Å². The van der Waals surface area contributed by atoms with E-state index in [-0.39, 0.29) is 107 Å². The van der Waals surface area contributed by atoms with Gasteiger partial charge in [-0.3, -0.25) is 0 Å². The maximum absolute atomic E-state index is 12.0. The average Bonchev–Trinajstić information content (AvgIpc) is 0.641. The lowest BCUT2D eigenvalue weighted by Gasteiger charge is -2.40. The summed E-state index contributed by atoms with van der Waals surface area (Å²) in [5, 5.41) is 69.8.